The third kappa shape index (κ3) is 4.39. The van der Waals surface area contributed by atoms with E-state index >= 15 is 0 Å². The minimum absolute atomic E-state index is 0.00286. The van der Waals surface area contributed by atoms with Crippen LogP contribution in [-0.4, -0.2) is 69.3 Å². The monoisotopic (exact) mass is 483 g/mol. The summed E-state index contributed by atoms with van der Waals surface area (Å²) in [5.41, 5.74) is 1.90. The van der Waals surface area contributed by atoms with Gasteiger partial charge in [0.2, 0.25) is 0 Å². The highest BCUT2D eigenvalue weighted by molar-refractivity contribution is 6.27. The van der Waals surface area contributed by atoms with E-state index in [1.54, 1.807) is 22.7 Å². The van der Waals surface area contributed by atoms with Gasteiger partial charge in [-0.2, -0.15) is 13.2 Å². The fourth-order valence-corrected chi connectivity index (χ4v) is 4.49. The molecule has 8 nitrogen and oxygen atoms in total. The van der Waals surface area contributed by atoms with E-state index in [9.17, 15) is 18.0 Å². The standard InChI is InChI=1S/C24H24F3N7O/c1-14-11-16(3-4-17(14)23(35)33-9-7-28-15(2)13-33)32-21-22-31-12-19(34(22)10-8-30-21)18-5-6-29-20(18)24(25,26)27/h3-5,8,10-12,15,28H,6-7,9,13H2,1-2H3,(H,30,32)/t15-/m1/s1. The Hall–Kier alpha value is -3.73. The second-order valence-electron chi connectivity index (χ2n) is 8.68. The summed E-state index contributed by atoms with van der Waals surface area (Å²) >= 11 is 0. The zero-order chi connectivity index (χ0) is 24.7. The quantitative estimate of drug-likeness (QED) is 0.592. The van der Waals surface area contributed by atoms with Crippen molar-refractivity contribution in [3.8, 4) is 0 Å². The molecule has 3 aromatic rings. The number of rotatable bonds is 4. The molecule has 0 saturated carbocycles. The van der Waals surface area contributed by atoms with Crippen LogP contribution < -0.4 is 10.6 Å². The van der Waals surface area contributed by atoms with Crippen molar-refractivity contribution in [2.45, 2.75) is 26.1 Å². The lowest BCUT2D eigenvalue weighted by molar-refractivity contribution is -0.0571. The summed E-state index contributed by atoms with van der Waals surface area (Å²) in [4.78, 5) is 27.1. The Kier molecular flexibility index (Phi) is 5.79. The van der Waals surface area contributed by atoms with Gasteiger partial charge in [-0.25, -0.2) is 9.97 Å². The van der Waals surface area contributed by atoms with Crippen LogP contribution >= 0.6 is 0 Å². The zero-order valence-electron chi connectivity index (χ0n) is 19.2. The molecule has 2 aliphatic heterocycles. The van der Waals surface area contributed by atoms with Crippen LogP contribution in [0.1, 0.15) is 28.5 Å². The minimum atomic E-state index is -4.54. The Morgan fingerprint density at radius 1 is 1.26 bits per heavy atom. The molecule has 35 heavy (non-hydrogen) atoms. The summed E-state index contributed by atoms with van der Waals surface area (Å²) in [6.07, 6.45) is 1.36. The van der Waals surface area contributed by atoms with Crippen molar-refractivity contribution < 1.29 is 18.0 Å². The number of benzene rings is 1. The van der Waals surface area contributed by atoms with Crippen molar-refractivity contribution in [2.75, 3.05) is 31.5 Å². The highest BCUT2D eigenvalue weighted by Crippen LogP contribution is 2.32. The molecule has 1 amide bonds. The number of fused-ring (bicyclic) bond motifs is 1. The number of nitrogens with zero attached hydrogens (tertiary/aromatic N) is 5. The lowest BCUT2D eigenvalue weighted by Crippen LogP contribution is -2.51. The highest BCUT2D eigenvalue weighted by atomic mass is 19.4. The smallest absolute Gasteiger partial charge is 0.337 e. The lowest BCUT2D eigenvalue weighted by Gasteiger charge is -2.32. The number of halogens is 3. The molecule has 0 bridgehead atoms. The van der Waals surface area contributed by atoms with Crippen LogP contribution in [0.3, 0.4) is 0 Å². The predicted molar refractivity (Wildman–Crippen MR) is 127 cm³/mol. The van der Waals surface area contributed by atoms with Gasteiger partial charge in [0.1, 0.15) is 5.71 Å². The van der Waals surface area contributed by atoms with E-state index in [0.717, 1.165) is 12.1 Å². The molecule has 182 valence electrons. The summed E-state index contributed by atoms with van der Waals surface area (Å²) in [6, 6.07) is 5.66. The molecule has 5 rings (SSSR count). The van der Waals surface area contributed by atoms with E-state index < -0.39 is 11.9 Å². The summed E-state index contributed by atoms with van der Waals surface area (Å²) in [6.45, 7) is 5.98. The van der Waals surface area contributed by atoms with Crippen molar-refractivity contribution in [1.29, 1.82) is 0 Å². The molecule has 1 aromatic carbocycles. The number of imidazole rings is 1. The van der Waals surface area contributed by atoms with Gasteiger partial charge in [-0.05, 0) is 37.6 Å². The predicted octanol–water partition coefficient (Wildman–Crippen LogP) is 3.62. The molecular formula is C24H24F3N7O. The fourth-order valence-electron chi connectivity index (χ4n) is 4.49. The van der Waals surface area contributed by atoms with Crippen LogP contribution in [0.2, 0.25) is 0 Å². The topological polar surface area (TPSA) is 86.9 Å². The van der Waals surface area contributed by atoms with Crippen LogP contribution in [0.25, 0.3) is 11.2 Å². The molecule has 2 N–H and O–H groups in total. The molecule has 11 heteroatoms. The van der Waals surface area contributed by atoms with Gasteiger partial charge in [-0.15, -0.1) is 0 Å². The maximum absolute atomic E-state index is 13.4. The summed E-state index contributed by atoms with van der Waals surface area (Å²) in [5.74, 6) is 0.379. The molecule has 0 unspecified atom stereocenters. The first kappa shape index (κ1) is 23.0. The number of carbonyl (C=O) groups excluding carboxylic acids is 1. The van der Waals surface area contributed by atoms with Gasteiger partial charge in [0.25, 0.3) is 5.91 Å². The Balaban J connectivity index is 1.40. The van der Waals surface area contributed by atoms with Crippen molar-refractivity contribution >= 4 is 34.3 Å². The maximum atomic E-state index is 13.4. The molecule has 0 radical (unpaired) electrons. The van der Waals surface area contributed by atoms with Crippen LogP contribution in [0.4, 0.5) is 24.7 Å². The number of amides is 1. The number of piperazine rings is 1. The number of hydrogen-bond donors (Lipinski definition) is 2. The van der Waals surface area contributed by atoms with Gasteiger partial charge in [0, 0.05) is 54.9 Å². The SMILES string of the molecule is Cc1cc(Nc2nccn3c(C4=CCN=C4C(F)(F)F)cnc23)ccc1C(=O)N1CCN[C@H](C)C1. The van der Waals surface area contributed by atoms with E-state index in [4.69, 9.17) is 0 Å². The number of allylic oxidation sites excluding steroid dienone is 1. The van der Waals surface area contributed by atoms with Gasteiger partial charge >= 0.3 is 6.18 Å². The average Bonchev–Trinajstić information content (AvgIpc) is 3.46. The highest BCUT2D eigenvalue weighted by Gasteiger charge is 2.40. The normalized spacial score (nSPS) is 18.5. The molecule has 2 aliphatic rings. The van der Waals surface area contributed by atoms with Crippen LogP contribution in [0.5, 0.6) is 0 Å². The second-order valence-corrected chi connectivity index (χ2v) is 8.68. The number of alkyl halides is 3. The van der Waals surface area contributed by atoms with Gasteiger partial charge in [0.15, 0.2) is 11.5 Å². The van der Waals surface area contributed by atoms with E-state index in [1.165, 1.54) is 18.5 Å². The third-order valence-corrected chi connectivity index (χ3v) is 6.15. The first-order valence-electron chi connectivity index (χ1n) is 11.3. The number of carbonyl (C=O) groups is 1. The van der Waals surface area contributed by atoms with Gasteiger partial charge < -0.3 is 15.5 Å². The number of hydrogen-bond acceptors (Lipinski definition) is 6. The summed E-state index contributed by atoms with van der Waals surface area (Å²) in [5, 5.41) is 6.51. The number of nitrogens with one attached hydrogen (secondary N) is 2. The van der Waals surface area contributed by atoms with Crippen LogP contribution in [0, 0.1) is 6.92 Å². The van der Waals surface area contributed by atoms with Crippen LogP contribution in [0.15, 0.2) is 47.9 Å². The van der Waals surface area contributed by atoms with Crippen molar-refractivity contribution in [3.63, 3.8) is 0 Å². The van der Waals surface area contributed by atoms with Gasteiger partial charge in [-0.1, -0.05) is 6.08 Å². The van der Waals surface area contributed by atoms with E-state index in [-0.39, 0.29) is 24.1 Å². The summed E-state index contributed by atoms with van der Waals surface area (Å²) < 4.78 is 41.7. The van der Waals surface area contributed by atoms with E-state index in [0.29, 0.717) is 41.5 Å². The van der Waals surface area contributed by atoms with Gasteiger partial charge in [0.05, 0.1) is 18.4 Å². The number of aliphatic imine (C=N–C) groups is 1. The molecular weight excluding hydrogens is 459 g/mol. The fraction of sp³-hybridized carbons (Fsp3) is 0.333. The Labute approximate surface area is 199 Å². The molecule has 1 fully saturated rings. The number of aromatic nitrogens is 3. The first-order valence-corrected chi connectivity index (χ1v) is 11.3. The second kappa shape index (κ2) is 8.81. The zero-order valence-corrected chi connectivity index (χ0v) is 19.2. The average molecular weight is 483 g/mol. The number of anilines is 2. The Morgan fingerprint density at radius 3 is 2.83 bits per heavy atom. The first-order chi connectivity index (χ1) is 16.7. The van der Waals surface area contributed by atoms with Gasteiger partial charge in [-0.3, -0.25) is 14.2 Å². The minimum Gasteiger partial charge on any atom is -0.337 e. The molecule has 1 saturated heterocycles. The Morgan fingerprint density at radius 2 is 2.09 bits per heavy atom. The number of aryl methyl sites for hydroxylation is 1. The van der Waals surface area contributed by atoms with Crippen molar-refractivity contribution in [3.05, 3.63) is 59.7 Å². The van der Waals surface area contributed by atoms with Crippen LogP contribution in [-0.2, 0) is 0 Å². The molecule has 1 atom stereocenters. The molecule has 4 heterocycles. The maximum Gasteiger partial charge on any atom is 0.433 e. The van der Waals surface area contributed by atoms with Crippen molar-refractivity contribution in [2.24, 2.45) is 4.99 Å². The van der Waals surface area contributed by atoms with E-state index in [1.807, 2.05) is 24.8 Å². The molecule has 0 spiro atoms. The largest absolute Gasteiger partial charge is 0.433 e. The molecule has 0 aliphatic carbocycles. The Bertz CT molecular complexity index is 1360. The van der Waals surface area contributed by atoms with Crippen molar-refractivity contribution in [1.82, 2.24) is 24.6 Å². The lowest BCUT2D eigenvalue weighted by atomic mass is 10.1. The third-order valence-electron chi connectivity index (χ3n) is 6.15. The van der Waals surface area contributed by atoms with E-state index in [2.05, 4.69) is 25.6 Å². The molecule has 2 aromatic heterocycles. The summed E-state index contributed by atoms with van der Waals surface area (Å²) in [7, 11) is 0.